The molecule has 7 heteroatoms. The van der Waals surface area contributed by atoms with Gasteiger partial charge in [0.15, 0.2) is 0 Å². The summed E-state index contributed by atoms with van der Waals surface area (Å²) < 4.78 is 18.4. The summed E-state index contributed by atoms with van der Waals surface area (Å²) in [6.45, 7) is 8.35. The highest BCUT2D eigenvalue weighted by molar-refractivity contribution is 5.89. The summed E-state index contributed by atoms with van der Waals surface area (Å²) >= 11 is 0. The van der Waals surface area contributed by atoms with Crippen LogP contribution in [0.15, 0.2) is 42.5 Å². The second kappa shape index (κ2) is 12.0. The molecule has 0 saturated heterocycles. The van der Waals surface area contributed by atoms with E-state index in [1.807, 2.05) is 6.07 Å². The lowest BCUT2D eigenvalue weighted by Crippen LogP contribution is -2.27. The number of aromatic nitrogens is 1. The molecule has 1 aromatic heterocycles. The maximum Gasteiger partial charge on any atom is 0.412 e. The SMILES string of the molecule is CCCc1cc2cc(OC)ccc2n1CCCC(=O)Cc1cc(OC)ccc1NC(=O)OC(C)(C)C. The van der Waals surface area contributed by atoms with Crippen LogP contribution in [-0.2, 0) is 28.9 Å². The number of aryl methyl sites for hydroxylation is 2. The molecule has 1 N–H and O–H groups in total. The Kier molecular flexibility index (Phi) is 9.02. The summed E-state index contributed by atoms with van der Waals surface area (Å²) in [5.74, 6) is 1.57. The molecule has 1 heterocycles. The highest BCUT2D eigenvalue weighted by Crippen LogP contribution is 2.27. The fourth-order valence-corrected chi connectivity index (χ4v) is 4.27. The zero-order valence-electron chi connectivity index (χ0n) is 22.3. The van der Waals surface area contributed by atoms with Crippen LogP contribution in [0.4, 0.5) is 10.5 Å². The second-order valence-corrected chi connectivity index (χ2v) is 9.93. The van der Waals surface area contributed by atoms with Crippen molar-refractivity contribution in [3.8, 4) is 11.5 Å². The van der Waals surface area contributed by atoms with Crippen LogP contribution in [0.5, 0.6) is 11.5 Å². The lowest BCUT2D eigenvalue weighted by Gasteiger charge is -2.20. The number of carbonyl (C=O) groups is 2. The Morgan fingerprint density at radius 1 is 0.972 bits per heavy atom. The van der Waals surface area contributed by atoms with Crippen molar-refractivity contribution in [3.05, 3.63) is 53.7 Å². The lowest BCUT2D eigenvalue weighted by molar-refractivity contribution is -0.118. The minimum absolute atomic E-state index is 0.102. The molecule has 7 nitrogen and oxygen atoms in total. The molecule has 194 valence electrons. The van der Waals surface area contributed by atoms with Crippen LogP contribution < -0.4 is 14.8 Å². The molecule has 0 radical (unpaired) electrons. The van der Waals surface area contributed by atoms with Crippen molar-refractivity contribution in [3.63, 3.8) is 0 Å². The van der Waals surface area contributed by atoms with Gasteiger partial charge < -0.3 is 18.8 Å². The van der Waals surface area contributed by atoms with E-state index >= 15 is 0 Å². The van der Waals surface area contributed by atoms with E-state index in [1.165, 1.54) is 5.69 Å². The number of rotatable bonds is 11. The maximum absolute atomic E-state index is 13.0. The molecule has 3 rings (SSSR count). The zero-order chi connectivity index (χ0) is 26.3. The van der Waals surface area contributed by atoms with Crippen molar-refractivity contribution in [2.75, 3.05) is 19.5 Å². The highest BCUT2D eigenvalue weighted by Gasteiger charge is 2.18. The molecular weight excluding hydrogens is 456 g/mol. The summed E-state index contributed by atoms with van der Waals surface area (Å²) in [7, 11) is 3.25. The van der Waals surface area contributed by atoms with Crippen molar-refractivity contribution in [2.24, 2.45) is 0 Å². The zero-order valence-corrected chi connectivity index (χ0v) is 22.3. The van der Waals surface area contributed by atoms with Gasteiger partial charge in [-0.15, -0.1) is 0 Å². The van der Waals surface area contributed by atoms with E-state index in [-0.39, 0.29) is 12.2 Å². The Morgan fingerprint density at radius 2 is 1.67 bits per heavy atom. The summed E-state index contributed by atoms with van der Waals surface area (Å²) in [5.41, 5.74) is 3.06. The third kappa shape index (κ3) is 7.26. The first-order valence-corrected chi connectivity index (χ1v) is 12.5. The van der Waals surface area contributed by atoms with Crippen LogP contribution in [0.3, 0.4) is 0 Å². The topological polar surface area (TPSA) is 78.8 Å². The minimum atomic E-state index is -0.614. The van der Waals surface area contributed by atoms with Crippen LogP contribution in [0, 0.1) is 0 Å². The Bertz CT molecular complexity index is 1210. The first kappa shape index (κ1) is 27.1. The van der Waals surface area contributed by atoms with Crippen LogP contribution in [-0.4, -0.2) is 36.3 Å². The van der Waals surface area contributed by atoms with Crippen molar-refractivity contribution < 1.29 is 23.8 Å². The highest BCUT2D eigenvalue weighted by atomic mass is 16.6. The van der Waals surface area contributed by atoms with Gasteiger partial charge in [0.2, 0.25) is 0 Å². The van der Waals surface area contributed by atoms with Gasteiger partial charge in [0.25, 0.3) is 0 Å². The van der Waals surface area contributed by atoms with Crippen LogP contribution in [0.1, 0.15) is 58.2 Å². The van der Waals surface area contributed by atoms with E-state index in [4.69, 9.17) is 14.2 Å². The molecule has 0 unspecified atom stereocenters. The Hall–Kier alpha value is -3.48. The number of ketones is 1. The molecular formula is C29H38N2O5. The predicted molar refractivity (Wildman–Crippen MR) is 143 cm³/mol. The number of benzene rings is 2. The lowest BCUT2D eigenvalue weighted by atomic mass is 10.0. The number of hydrogen-bond acceptors (Lipinski definition) is 5. The van der Waals surface area contributed by atoms with E-state index in [0.29, 0.717) is 23.4 Å². The molecule has 0 aliphatic heterocycles. The molecule has 0 bridgehead atoms. The predicted octanol–water partition coefficient (Wildman–Crippen LogP) is 6.55. The Labute approximate surface area is 213 Å². The fourth-order valence-electron chi connectivity index (χ4n) is 4.27. The molecule has 0 atom stereocenters. The van der Waals surface area contributed by atoms with Crippen LogP contribution in [0.2, 0.25) is 0 Å². The second-order valence-electron chi connectivity index (χ2n) is 9.93. The number of Topliss-reactive ketones (excluding diaryl/α,β-unsaturated/α-hetero) is 1. The van der Waals surface area contributed by atoms with Gasteiger partial charge in [0.1, 0.15) is 22.9 Å². The molecule has 1 amide bonds. The molecule has 2 aromatic carbocycles. The number of carbonyl (C=O) groups excluding carboxylic acids is 2. The molecule has 36 heavy (non-hydrogen) atoms. The Balaban J connectivity index is 1.68. The van der Waals surface area contributed by atoms with E-state index < -0.39 is 11.7 Å². The number of nitrogens with one attached hydrogen (secondary N) is 1. The monoisotopic (exact) mass is 494 g/mol. The van der Waals surface area contributed by atoms with Crippen molar-refractivity contribution in [1.29, 1.82) is 0 Å². The molecule has 0 spiro atoms. The average Bonchev–Trinajstić information content (AvgIpc) is 3.15. The van der Waals surface area contributed by atoms with E-state index in [2.05, 4.69) is 35.0 Å². The van der Waals surface area contributed by atoms with Crippen molar-refractivity contribution in [2.45, 2.75) is 71.9 Å². The summed E-state index contributed by atoms with van der Waals surface area (Å²) in [6, 6.07) is 13.6. The van der Waals surface area contributed by atoms with Gasteiger partial charge in [-0.3, -0.25) is 10.1 Å². The third-order valence-corrected chi connectivity index (χ3v) is 5.87. The van der Waals surface area contributed by atoms with Crippen LogP contribution >= 0.6 is 0 Å². The Morgan fingerprint density at radius 3 is 2.33 bits per heavy atom. The molecule has 0 aliphatic rings. The van der Waals surface area contributed by atoms with Crippen molar-refractivity contribution in [1.82, 2.24) is 4.57 Å². The fraction of sp³-hybridized carbons (Fsp3) is 0.448. The largest absolute Gasteiger partial charge is 0.497 e. The van der Waals surface area contributed by atoms with Gasteiger partial charge in [-0.25, -0.2) is 4.79 Å². The summed E-state index contributed by atoms with van der Waals surface area (Å²) in [4.78, 5) is 25.3. The van der Waals surface area contributed by atoms with Gasteiger partial charge in [-0.05, 0) is 81.6 Å². The third-order valence-electron chi connectivity index (χ3n) is 5.87. The number of amides is 1. The van der Waals surface area contributed by atoms with E-state index in [1.54, 1.807) is 53.2 Å². The first-order valence-electron chi connectivity index (χ1n) is 12.5. The van der Waals surface area contributed by atoms with Gasteiger partial charge in [-0.1, -0.05) is 13.3 Å². The molecule has 0 fully saturated rings. The van der Waals surface area contributed by atoms with Gasteiger partial charge >= 0.3 is 6.09 Å². The molecule has 0 aliphatic carbocycles. The van der Waals surface area contributed by atoms with Gasteiger partial charge in [0.05, 0.1) is 14.2 Å². The number of fused-ring (bicyclic) bond motifs is 1. The van der Waals surface area contributed by atoms with Crippen molar-refractivity contribution >= 4 is 28.5 Å². The normalized spacial score (nSPS) is 11.4. The smallest absolute Gasteiger partial charge is 0.412 e. The van der Waals surface area contributed by atoms with Gasteiger partial charge in [-0.2, -0.15) is 0 Å². The number of anilines is 1. The summed E-state index contributed by atoms with van der Waals surface area (Å²) in [5, 5.41) is 3.92. The van der Waals surface area contributed by atoms with E-state index in [9.17, 15) is 9.59 Å². The van der Waals surface area contributed by atoms with E-state index in [0.717, 1.165) is 42.5 Å². The quantitative estimate of drug-likeness (QED) is 0.327. The minimum Gasteiger partial charge on any atom is -0.497 e. The number of nitrogens with zero attached hydrogens (tertiary/aromatic N) is 1. The number of hydrogen-bond donors (Lipinski definition) is 1. The number of methoxy groups -OCH3 is 2. The van der Waals surface area contributed by atoms with Crippen LogP contribution in [0.25, 0.3) is 10.9 Å². The average molecular weight is 495 g/mol. The maximum atomic E-state index is 13.0. The number of ether oxygens (including phenoxy) is 3. The first-order chi connectivity index (χ1) is 17.1. The molecule has 0 saturated carbocycles. The standard InChI is InChI=1S/C29H38N2O5/c1-7-9-22-16-21-19-25(35-6)12-14-27(21)31(22)15-8-10-23(32)17-20-18-24(34-5)11-13-26(20)30-28(33)36-29(2,3)4/h11-14,16,18-19H,7-10,15,17H2,1-6H3,(H,30,33). The van der Waals surface area contributed by atoms with Gasteiger partial charge in [0, 0.05) is 41.7 Å². The molecule has 3 aromatic rings. The summed E-state index contributed by atoms with van der Waals surface area (Å²) in [6.07, 6.45) is 2.84.